The Bertz CT molecular complexity index is 803. The average Bonchev–Trinajstić information content (AvgIpc) is 2.94. The lowest BCUT2D eigenvalue weighted by Crippen LogP contribution is -2.26. The van der Waals surface area contributed by atoms with Gasteiger partial charge < -0.3 is 9.47 Å². The molecule has 0 N–H and O–H groups in total. The monoisotopic (exact) mass is 334 g/mol. The first kappa shape index (κ1) is 19.0. The molecule has 0 aliphatic carbocycles. The smallest absolute Gasteiger partial charge is 0.0528 e. The van der Waals surface area contributed by atoms with Crippen LogP contribution in [0.4, 0.5) is 0 Å². The van der Waals surface area contributed by atoms with Gasteiger partial charge in [0.05, 0.1) is 5.52 Å². The standard InChI is InChI=1S/C15H18N2.C8H12/c1-3-9-17-14-7-5-4-6-12(14)13-11-16(2)10-8-15(13)17;1-4-6-7-8(3)5-2/h3-7,9H,8,10-11H2,1-2H3;4-7H,1H2,2-3H3/b9-3-;7-6-,8-5-. The summed E-state index contributed by atoms with van der Waals surface area (Å²) in [6.07, 6.45) is 13.2. The molecule has 0 amide bonds. The minimum absolute atomic E-state index is 1.07. The molecule has 2 aromatic rings. The number of allylic oxidation sites excluding steroid dienone is 6. The second-order valence-electron chi connectivity index (χ2n) is 6.41. The second-order valence-corrected chi connectivity index (χ2v) is 6.41. The van der Waals surface area contributed by atoms with E-state index in [0.29, 0.717) is 0 Å². The van der Waals surface area contributed by atoms with Gasteiger partial charge in [-0.25, -0.2) is 0 Å². The van der Waals surface area contributed by atoms with Gasteiger partial charge in [0.1, 0.15) is 0 Å². The fourth-order valence-corrected chi connectivity index (χ4v) is 3.11. The van der Waals surface area contributed by atoms with Crippen LogP contribution in [0.25, 0.3) is 17.1 Å². The molecule has 1 aliphatic heterocycles. The molecule has 3 rings (SSSR count). The summed E-state index contributed by atoms with van der Waals surface area (Å²) in [6, 6.07) is 8.72. The SMILES string of the molecule is C/C=C\n1c2c(c3ccccc31)CN(C)CC2.C=C/C=C\C(C)=C/C. The summed E-state index contributed by atoms with van der Waals surface area (Å²) in [5.74, 6) is 0. The first-order valence-corrected chi connectivity index (χ1v) is 8.96. The zero-order valence-corrected chi connectivity index (χ0v) is 16.0. The molecule has 0 bridgehead atoms. The molecule has 0 fully saturated rings. The van der Waals surface area contributed by atoms with E-state index in [0.717, 1.165) is 19.5 Å². The van der Waals surface area contributed by atoms with Gasteiger partial charge in [-0.2, -0.15) is 0 Å². The van der Waals surface area contributed by atoms with Gasteiger partial charge in [-0.15, -0.1) is 0 Å². The molecule has 2 heteroatoms. The highest BCUT2D eigenvalue weighted by molar-refractivity contribution is 5.87. The first-order chi connectivity index (χ1) is 12.1. The average molecular weight is 335 g/mol. The number of rotatable bonds is 3. The van der Waals surface area contributed by atoms with E-state index in [2.05, 4.69) is 79.6 Å². The van der Waals surface area contributed by atoms with Crippen molar-refractivity contribution >= 4 is 17.1 Å². The minimum atomic E-state index is 1.07. The highest BCUT2D eigenvalue weighted by Crippen LogP contribution is 2.30. The first-order valence-electron chi connectivity index (χ1n) is 8.96. The summed E-state index contributed by atoms with van der Waals surface area (Å²) in [6.45, 7) is 11.9. The van der Waals surface area contributed by atoms with Crippen molar-refractivity contribution in [2.75, 3.05) is 13.6 Å². The molecule has 1 aliphatic rings. The van der Waals surface area contributed by atoms with Gasteiger partial charge in [-0.3, -0.25) is 0 Å². The van der Waals surface area contributed by atoms with Crippen LogP contribution in [0.1, 0.15) is 32.0 Å². The van der Waals surface area contributed by atoms with Crippen LogP contribution in [0, 0.1) is 0 Å². The summed E-state index contributed by atoms with van der Waals surface area (Å²) < 4.78 is 2.36. The highest BCUT2D eigenvalue weighted by Gasteiger charge is 2.20. The summed E-state index contributed by atoms with van der Waals surface area (Å²) in [5, 5.41) is 1.41. The van der Waals surface area contributed by atoms with Crippen molar-refractivity contribution in [2.45, 2.75) is 33.7 Å². The van der Waals surface area contributed by atoms with E-state index in [1.807, 2.05) is 19.1 Å². The Morgan fingerprint density at radius 3 is 2.64 bits per heavy atom. The molecule has 0 saturated heterocycles. The van der Waals surface area contributed by atoms with E-state index in [4.69, 9.17) is 0 Å². The zero-order valence-electron chi connectivity index (χ0n) is 16.0. The third kappa shape index (κ3) is 4.61. The molecular weight excluding hydrogens is 304 g/mol. The molecule has 25 heavy (non-hydrogen) atoms. The Morgan fingerprint density at radius 1 is 1.20 bits per heavy atom. The summed E-state index contributed by atoms with van der Waals surface area (Å²) in [4.78, 5) is 2.40. The van der Waals surface area contributed by atoms with E-state index in [1.165, 1.54) is 27.7 Å². The van der Waals surface area contributed by atoms with Crippen LogP contribution in [-0.2, 0) is 13.0 Å². The highest BCUT2D eigenvalue weighted by atomic mass is 15.1. The number of benzene rings is 1. The summed E-state index contributed by atoms with van der Waals surface area (Å²) >= 11 is 0. The van der Waals surface area contributed by atoms with Crippen LogP contribution >= 0.6 is 0 Å². The Hall–Kier alpha value is -2.32. The summed E-state index contributed by atoms with van der Waals surface area (Å²) in [5.41, 5.74) is 5.60. The third-order valence-corrected chi connectivity index (χ3v) is 4.53. The Labute approximate surface area is 152 Å². The maximum Gasteiger partial charge on any atom is 0.0528 e. The number of fused-ring (bicyclic) bond motifs is 3. The second kappa shape index (κ2) is 9.24. The number of hydrogen-bond acceptors (Lipinski definition) is 1. The predicted octanol–water partition coefficient (Wildman–Crippen LogP) is 5.81. The number of hydrogen-bond donors (Lipinski definition) is 0. The van der Waals surface area contributed by atoms with E-state index in [1.54, 1.807) is 6.08 Å². The maximum atomic E-state index is 3.55. The van der Waals surface area contributed by atoms with E-state index < -0.39 is 0 Å². The number of likely N-dealkylation sites (N-methyl/N-ethyl adjacent to an activating group) is 1. The van der Waals surface area contributed by atoms with Crippen LogP contribution in [0.5, 0.6) is 0 Å². The van der Waals surface area contributed by atoms with Crippen LogP contribution in [-0.4, -0.2) is 23.1 Å². The van der Waals surface area contributed by atoms with E-state index in [9.17, 15) is 0 Å². The van der Waals surface area contributed by atoms with Crippen molar-refractivity contribution in [1.29, 1.82) is 0 Å². The van der Waals surface area contributed by atoms with Gasteiger partial charge in [0.2, 0.25) is 0 Å². The van der Waals surface area contributed by atoms with Crippen molar-refractivity contribution in [3.63, 3.8) is 0 Å². The number of para-hydroxylation sites is 1. The Morgan fingerprint density at radius 2 is 1.96 bits per heavy atom. The lowest BCUT2D eigenvalue weighted by atomic mass is 10.1. The lowest BCUT2D eigenvalue weighted by Gasteiger charge is -2.23. The molecule has 1 aromatic heterocycles. The van der Waals surface area contributed by atoms with Crippen molar-refractivity contribution in [2.24, 2.45) is 0 Å². The van der Waals surface area contributed by atoms with Crippen molar-refractivity contribution in [3.05, 3.63) is 78.1 Å². The van der Waals surface area contributed by atoms with Crippen molar-refractivity contribution < 1.29 is 0 Å². The number of aromatic nitrogens is 1. The fraction of sp³-hybridized carbons (Fsp3) is 0.304. The molecule has 0 saturated carbocycles. The molecule has 132 valence electrons. The van der Waals surface area contributed by atoms with E-state index in [-0.39, 0.29) is 0 Å². The topological polar surface area (TPSA) is 8.17 Å². The Kier molecular flexibility index (Phi) is 7.03. The quantitative estimate of drug-likeness (QED) is 0.643. The van der Waals surface area contributed by atoms with Crippen molar-refractivity contribution in [1.82, 2.24) is 9.47 Å². The number of nitrogens with zero attached hydrogens (tertiary/aromatic N) is 2. The predicted molar refractivity (Wildman–Crippen MR) is 112 cm³/mol. The molecule has 2 nitrogen and oxygen atoms in total. The maximum absolute atomic E-state index is 3.55. The van der Waals surface area contributed by atoms with Crippen LogP contribution in [0.3, 0.4) is 0 Å². The van der Waals surface area contributed by atoms with Gasteiger partial charge in [-0.1, -0.05) is 60.7 Å². The molecule has 2 heterocycles. The molecule has 0 radical (unpaired) electrons. The molecule has 0 unspecified atom stereocenters. The minimum Gasteiger partial charge on any atom is -0.320 e. The normalized spacial score (nSPS) is 15.4. The van der Waals surface area contributed by atoms with Crippen LogP contribution in [0.15, 0.2) is 66.8 Å². The molecule has 1 aromatic carbocycles. The van der Waals surface area contributed by atoms with Gasteiger partial charge in [0.25, 0.3) is 0 Å². The molecule has 0 atom stereocenters. The van der Waals surface area contributed by atoms with Crippen LogP contribution in [0.2, 0.25) is 0 Å². The third-order valence-electron chi connectivity index (χ3n) is 4.53. The fourth-order valence-electron chi connectivity index (χ4n) is 3.11. The zero-order chi connectivity index (χ0) is 18.2. The largest absolute Gasteiger partial charge is 0.320 e. The summed E-state index contributed by atoms with van der Waals surface area (Å²) in [7, 11) is 2.20. The molecule has 0 spiro atoms. The van der Waals surface area contributed by atoms with E-state index >= 15 is 0 Å². The van der Waals surface area contributed by atoms with Gasteiger partial charge >= 0.3 is 0 Å². The van der Waals surface area contributed by atoms with Gasteiger partial charge in [-0.05, 0) is 39.4 Å². The Balaban J connectivity index is 0.000000242. The van der Waals surface area contributed by atoms with Crippen LogP contribution < -0.4 is 0 Å². The van der Waals surface area contributed by atoms with Crippen molar-refractivity contribution in [3.8, 4) is 0 Å². The molecular formula is C23H30N2. The van der Waals surface area contributed by atoms with Gasteiger partial charge in [0, 0.05) is 36.8 Å². The lowest BCUT2D eigenvalue weighted by molar-refractivity contribution is 0.312. The van der Waals surface area contributed by atoms with Gasteiger partial charge in [0.15, 0.2) is 0 Å².